The summed E-state index contributed by atoms with van der Waals surface area (Å²) in [7, 11) is 0. The fourth-order valence-electron chi connectivity index (χ4n) is 0.986. The van der Waals surface area contributed by atoms with Crippen LogP contribution >= 0.6 is 0 Å². The molecule has 0 bridgehead atoms. The fourth-order valence-corrected chi connectivity index (χ4v) is 1.69. The van der Waals surface area contributed by atoms with Crippen LogP contribution < -0.4 is 0 Å². The number of hydrogen-bond donors (Lipinski definition) is 0. The first-order valence-corrected chi connectivity index (χ1v) is 4.24. The third-order valence-corrected chi connectivity index (χ3v) is 2.56. The zero-order chi connectivity index (χ0) is 6.69. The molecule has 0 N–H and O–H groups in total. The van der Waals surface area contributed by atoms with Gasteiger partial charge in [-0.25, -0.2) is 0 Å². The van der Waals surface area contributed by atoms with Gasteiger partial charge in [0.25, 0.3) is 0 Å². The van der Waals surface area contributed by atoms with Crippen LogP contribution in [0.4, 0.5) is 0 Å². The summed E-state index contributed by atoms with van der Waals surface area (Å²) < 4.78 is 1.51. The van der Waals surface area contributed by atoms with E-state index in [0.29, 0.717) is 0 Å². The van der Waals surface area contributed by atoms with Crippen LogP contribution in [0.15, 0.2) is 21.9 Å². The molecule has 0 heterocycles. The molecule has 0 nitrogen and oxygen atoms in total. The molecule has 0 amide bonds. The molecule has 1 heteroatoms. The molecule has 0 aromatic heterocycles. The van der Waals surface area contributed by atoms with Crippen molar-refractivity contribution in [2.75, 3.05) is 0 Å². The third-order valence-electron chi connectivity index (χ3n) is 1.56. The Labute approximate surface area is 66.7 Å². The summed E-state index contributed by atoms with van der Waals surface area (Å²) in [5, 5.41) is 0. The summed E-state index contributed by atoms with van der Waals surface area (Å²) >= 11 is 2.73. The van der Waals surface area contributed by atoms with E-state index < -0.39 is 0 Å². The van der Waals surface area contributed by atoms with E-state index in [1.54, 1.807) is 0 Å². The van der Waals surface area contributed by atoms with E-state index >= 15 is 0 Å². The van der Waals surface area contributed by atoms with Crippen molar-refractivity contribution in [2.45, 2.75) is 26.2 Å². The van der Waals surface area contributed by atoms with Crippen LogP contribution in [-0.4, -0.2) is 0 Å². The molecule has 0 aliphatic heterocycles. The van der Waals surface area contributed by atoms with E-state index in [-0.39, 0.29) is 0 Å². The summed E-state index contributed by atoms with van der Waals surface area (Å²) in [5.41, 5.74) is 1.51. The van der Waals surface area contributed by atoms with Gasteiger partial charge < -0.3 is 0 Å². The van der Waals surface area contributed by atoms with Crippen molar-refractivity contribution >= 4 is 0 Å². The van der Waals surface area contributed by atoms with E-state index in [4.69, 9.17) is 0 Å². The second-order valence-electron chi connectivity index (χ2n) is 2.21. The molecule has 0 spiro atoms. The Morgan fingerprint density at radius 2 is 2.44 bits per heavy atom. The van der Waals surface area contributed by atoms with Crippen molar-refractivity contribution < 1.29 is 18.3 Å². The molecule has 0 radical (unpaired) electrons. The molecule has 1 rings (SSSR count). The van der Waals surface area contributed by atoms with Crippen LogP contribution in [-0.2, 0) is 18.3 Å². The Morgan fingerprint density at radius 1 is 1.67 bits per heavy atom. The first-order chi connectivity index (χ1) is 4.34. The monoisotopic (exact) mass is 209 g/mol. The van der Waals surface area contributed by atoms with Crippen molar-refractivity contribution in [3.63, 3.8) is 0 Å². The Balaban J connectivity index is 2.72. The summed E-state index contributed by atoms with van der Waals surface area (Å²) in [5.74, 6) is 0. The molecule has 0 unspecified atom stereocenters. The molecule has 0 saturated heterocycles. The zero-order valence-electron chi connectivity index (χ0n) is 5.63. The SMILES string of the molecule is CCC1=[C]([Ru])CCC=C1. The van der Waals surface area contributed by atoms with Crippen LogP contribution in [0.5, 0.6) is 0 Å². The van der Waals surface area contributed by atoms with Crippen molar-refractivity contribution in [3.05, 3.63) is 21.9 Å². The second kappa shape index (κ2) is 3.32. The van der Waals surface area contributed by atoms with Gasteiger partial charge in [-0.1, -0.05) is 0 Å². The predicted octanol–water partition coefficient (Wildman–Crippen LogP) is 2.55. The van der Waals surface area contributed by atoms with E-state index in [1.807, 2.05) is 0 Å². The van der Waals surface area contributed by atoms with E-state index in [0.717, 1.165) is 0 Å². The quantitative estimate of drug-likeness (QED) is 0.581. The van der Waals surface area contributed by atoms with Crippen molar-refractivity contribution in [1.29, 1.82) is 0 Å². The summed E-state index contributed by atoms with van der Waals surface area (Å²) in [6, 6.07) is 0. The fraction of sp³-hybridized carbons (Fsp3) is 0.500. The predicted molar refractivity (Wildman–Crippen MR) is 35.7 cm³/mol. The molecule has 0 aromatic rings. The van der Waals surface area contributed by atoms with Crippen molar-refractivity contribution in [2.24, 2.45) is 0 Å². The first-order valence-electron chi connectivity index (χ1n) is 3.37. The number of allylic oxidation sites excluding steroid dienone is 4. The van der Waals surface area contributed by atoms with Gasteiger partial charge in [-0.05, 0) is 0 Å². The van der Waals surface area contributed by atoms with Gasteiger partial charge in [0.15, 0.2) is 0 Å². The topological polar surface area (TPSA) is 0 Å². The molecule has 1 aliphatic rings. The van der Waals surface area contributed by atoms with E-state index in [1.165, 1.54) is 29.0 Å². The molecule has 0 fully saturated rings. The Kier molecular flexibility index (Phi) is 2.66. The van der Waals surface area contributed by atoms with Crippen LogP contribution in [0.25, 0.3) is 0 Å². The Morgan fingerprint density at radius 3 is 2.89 bits per heavy atom. The molecule has 1 aliphatic carbocycles. The maximum absolute atomic E-state index is 2.73. The van der Waals surface area contributed by atoms with Gasteiger partial charge in [0.1, 0.15) is 0 Å². The summed E-state index contributed by atoms with van der Waals surface area (Å²) in [6.07, 6.45) is 8.16. The standard InChI is InChI=1S/C8H11.Ru/c1-2-8-6-4-3-5-7-8;/h4,6H,2-3,5H2,1H3;. The molecular weight excluding hydrogens is 197 g/mol. The Bertz CT molecular complexity index is 154. The molecule has 0 atom stereocenters. The summed E-state index contributed by atoms with van der Waals surface area (Å²) in [6.45, 7) is 2.21. The van der Waals surface area contributed by atoms with Gasteiger partial charge in [-0.15, -0.1) is 0 Å². The van der Waals surface area contributed by atoms with Gasteiger partial charge in [0.2, 0.25) is 0 Å². The second-order valence-corrected chi connectivity index (χ2v) is 3.26. The van der Waals surface area contributed by atoms with Crippen molar-refractivity contribution in [3.8, 4) is 0 Å². The van der Waals surface area contributed by atoms with Gasteiger partial charge >= 0.3 is 66.4 Å². The van der Waals surface area contributed by atoms with Gasteiger partial charge in [-0.2, -0.15) is 0 Å². The molecule has 9 heavy (non-hydrogen) atoms. The van der Waals surface area contributed by atoms with E-state index in [2.05, 4.69) is 37.4 Å². The molecule has 0 aromatic carbocycles. The molecule has 0 saturated carbocycles. The Hall–Kier alpha value is 0.103. The van der Waals surface area contributed by atoms with Gasteiger partial charge in [0, 0.05) is 0 Å². The molecular formula is C8H11Ru. The first kappa shape index (κ1) is 7.21. The van der Waals surface area contributed by atoms with Gasteiger partial charge in [-0.3, -0.25) is 0 Å². The van der Waals surface area contributed by atoms with Crippen LogP contribution in [0.3, 0.4) is 0 Å². The summed E-state index contributed by atoms with van der Waals surface area (Å²) in [4.78, 5) is 0. The minimum absolute atomic E-state index is 1.18. The minimum atomic E-state index is 1.18. The molecule has 51 valence electrons. The average molecular weight is 208 g/mol. The maximum atomic E-state index is 2.73. The average Bonchev–Trinajstić information content (AvgIpc) is 1.89. The third kappa shape index (κ3) is 1.76. The van der Waals surface area contributed by atoms with Crippen LogP contribution in [0.2, 0.25) is 0 Å². The van der Waals surface area contributed by atoms with Crippen LogP contribution in [0, 0.1) is 0 Å². The zero-order valence-corrected chi connectivity index (χ0v) is 7.37. The van der Waals surface area contributed by atoms with Crippen LogP contribution in [0.1, 0.15) is 26.2 Å². The van der Waals surface area contributed by atoms with Gasteiger partial charge in [0.05, 0.1) is 0 Å². The van der Waals surface area contributed by atoms with Crippen molar-refractivity contribution in [1.82, 2.24) is 0 Å². The number of hydrogen-bond acceptors (Lipinski definition) is 0. The van der Waals surface area contributed by atoms with E-state index in [9.17, 15) is 0 Å². The normalized spacial score (nSPS) is 18.9. The number of rotatable bonds is 1.